The standard InChI is InChI=1S/C14H29N/c1-3-4-5-6-9-14(2)10-13-15-11-7-8-12-15/h14H,3-13H2,1-2H3. The monoisotopic (exact) mass is 211 g/mol. The Morgan fingerprint density at radius 2 is 1.73 bits per heavy atom. The molecule has 0 spiro atoms. The summed E-state index contributed by atoms with van der Waals surface area (Å²) in [4.78, 5) is 2.64. The second-order valence-electron chi connectivity index (χ2n) is 5.29. The van der Waals surface area contributed by atoms with Gasteiger partial charge in [0.15, 0.2) is 0 Å². The molecule has 0 aromatic rings. The summed E-state index contributed by atoms with van der Waals surface area (Å²) in [5.74, 6) is 0.947. The van der Waals surface area contributed by atoms with Crippen molar-refractivity contribution in [3.63, 3.8) is 0 Å². The molecule has 0 saturated carbocycles. The highest BCUT2D eigenvalue weighted by atomic mass is 15.1. The molecule has 1 unspecified atom stereocenters. The lowest BCUT2D eigenvalue weighted by atomic mass is 9.99. The van der Waals surface area contributed by atoms with Crippen molar-refractivity contribution in [2.45, 2.75) is 65.2 Å². The third-order valence-electron chi connectivity index (χ3n) is 3.69. The first-order valence-corrected chi connectivity index (χ1v) is 7.05. The maximum Gasteiger partial charge on any atom is -0.00162 e. The van der Waals surface area contributed by atoms with Crippen molar-refractivity contribution in [3.8, 4) is 0 Å². The van der Waals surface area contributed by atoms with Crippen molar-refractivity contribution >= 4 is 0 Å². The Bertz CT molecular complexity index is 138. The van der Waals surface area contributed by atoms with E-state index in [1.54, 1.807) is 0 Å². The summed E-state index contributed by atoms with van der Waals surface area (Å²) in [5, 5.41) is 0. The van der Waals surface area contributed by atoms with Crippen LogP contribution in [0.25, 0.3) is 0 Å². The fraction of sp³-hybridized carbons (Fsp3) is 1.00. The third-order valence-corrected chi connectivity index (χ3v) is 3.69. The molecule has 0 aromatic carbocycles. The highest BCUT2D eigenvalue weighted by Gasteiger charge is 2.12. The molecule has 1 fully saturated rings. The summed E-state index contributed by atoms with van der Waals surface area (Å²) in [5.41, 5.74) is 0. The minimum absolute atomic E-state index is 0.947. The smallest absolute Gasteiger partial charge is 0.00162 e. The summed E-state index contributed by atoms with van der Waals surface area (Å²) >= 11 is 0. The van der Waals surface area contributed by atoms with Gasteiger partial charge in [-0.2, -0.15) is 0 Å². The van der Waals surface area contributed by atoms with Crippen molar-refractivity contribution in [2.75, 3.05) is 19.6 Å². The first kappa shape index (κ1) is 13.0. The van der Waals surface area contributed by atoms with Crippen LogP contribution in [0.2, 0.25) is 0 Å². The van der Waals surface area contributed by atoms with Crippen LogP contribution >= 0.6 is 0 Å². The van der Waals surface area contributed by atoms with E-state index >= 15 is 0 Å². The van der Waals surface area contributed by atoms with Crippen LogP contribution in [-0.4, -0.2) is 24.5 Å². The lowest BCUT2D eigenvalue weighted by Crippen LogP contribution is -2.21. The molecule has 0 radical (unpaired) electrons. The fourth-order valence-electron chi connectivity index (χ4n) is 2.47. The molecule has 1 atom stereocenters. The number of unbranched alkanes of at least 4 members (excludes halogenated alkanes) is 3. The second kappa shape index (κ2) is 8.15. The first-order valence-electron chi connectivity index (χ1n) is 7.05. The maximum absolute atomic E-state index is 2.64. The summed E-state index contributed by atoms with van der Waals surface area (Å²) in [6.07, 6.45) is 11.4. The van der Waals surface area contributed by atoms with Crippen LogP contribution in [0.3, 0.4) is 0 Å². The third kappa shape index (κ3) is 6.19. The van der Waals surface area contributed by atoms with Gasteiger partial charge in [-0.15, -0.1) is 0 Å². The van der Waals surface area contributed by atoms with Gasteiger partial charge in [-0.05, 0) is 44.8 Å². The predicted molar refractivity (Wildman–Crippen MR) is 68.2 cm³/mol. The van der Waals surface area contributed by atoms with Gasteiger partial charge in [0, 0.05) is 0 Å². The van der Waals surface area contributed by atoms with E-state index in [0.29, 0.717) is 0 Å². The highest BCUT2D eigenvalue weighted by Crippen LogP contribution is 2.16. The van der Waals surface area contributed by atoms with E-state index in [9.17, 15) is 0 Å². The van der Waals surface area contributed by atoms with Gasteiger partial charge in [0.1, 0.15) is 0 Å². The second-order valence-corrected chi connectivity index (χ2v) is 5.29. The Morgan fingerprint density at radius 1 is 1.00 bits per heavy atom. The molecule has 1 aliphatic heterocycles. The number of likely N-dealkylation sites (tertiary alicyclic amines) is 1. The SMILES string of the molecule is CCCCCCC(C)CCN1CCCC1. The molecule has 0 bridgehead atoms. The van der Waals surface area contributed by atoms with Crippen molar-refractivity contribution in [1.82, 2.24) is 4.90 Å². The highest BCUT2D eigenvalue weighted by molar-refractivity contribution is 4.67. The Labute approximate surface area is 96.2 Å². The van der Waals surface area contributed by atoms with Gasteiger partial charge in [0.25, 0.3) is 0 Å². The lowest BCUT2D eigenvalue weighted by Gasteiger charge is -2.17. The zero-order valence-corrected chi connectivity index (χ0v) is 10.8. The van der Waals surface area contributed by atoms with Gasteiger partial charge in [-0.3, -0.25) is 0 Å². The topological polar surface area (TPSA) is 3.24 Å². The molecule has 90 valence electrons. The van der Waals surface area contributed by atoms with E-state index in [-0.39, 0.29) is 0 Å². The lowest BCUT2D eigenvalue weighted by molar-refractivity contribution is 0.300. The molecule has 0 N–H and O–H groups in total. The van der Waals surface area contributed by atoms with Crippen molar-refractivity contribution < 1.29 is 0 Å². The molecule has 15 heavy (non-hydrogen) atoms. The van der Waals surface area contributed by atoms with Crippen molar-refractivity contribution in [2.24, 2.45) is 5.92 Å². The Hall–Kier alpha value is -0.0400. The Balaban J connectivity index is 1.90. The van der Waals surface area contributed by atoms with Crippen LogP contribution in [0, 0.1) is 5.92 Å². The van der Waals surface area contributed by atoms with E-state index in [1.807, 2.05) is 0 Å². The molecule has 0 amide bonds. The van der Waals surface area contributed by atoms with Crippen molar-refractivity contribution in [3.05, 3.63) is 0 Å². The first-order chi connectivity index (χ1) is 7.33. The van der Waals surface area contributed by atoms with Crippen LogP contribution in [0.5, 0.6) is 0 Å². The average Bonchev–Trinajstić information content (AvgIpc) is 2.74. The van der Waals surface area contributed by atoms with Crippen LogP contribution in [0.4, 0.5) is 0 Å². The normalized spacial score (nSPS) is 19.6. The van der Waals surface area contributed by atoms with Crippen LogP contribution in [-0.2, 0) is 0 Å². The fourth-order valence-corrected chi connectivity index (χ4v) is 2.47. The number of hydrogen-bond donors (Lipinski definition) is 0. The quantitative estimate of drug-likeness (QED) is 0.547. The van der Waals surface area contributed by atoms with E-state index in [2.05, 4.69) is 18.7 Å². The van der Waals surface area contributed by atoms with Crippen LogP contribution < -0.4 is 0 Å². The Morgan fingerprint density at radius 3 is 2.40 bits per heavy atom. The molecule has 1 heterocycles. The molecule has 1 saturated heterocycles. The Kier molecular flexibility index (Phi) is 7.08. The zero-order chi connectivity index (χ0) is 10.9. The van der Waals surface area contributed by atoms with Gasteiger partial charge < -0.3 is 4.90 Å². The van der Waals surface area contributed by atoms with Gasteiger partial charge in [0.05, 0.1) is 0 Å². The number of hydrogen-bond acceptors (Lipinski definition) is 1. The minimum atomic E-state index is 0.947. The molecule has 0 aliphatic carbocycles. The molecule has 0 aromatic heterocycles. The molecule has 1 aliphatic rings. The largest absolute Gasteiger partial charge is 0.303 e. The predicted octanol–water partition coefficient (Wildman–Crippen LogP) is 4.08. The van der Waals surface area contributed by atoms with E-state index in [4.69, 9.17) is 0 Å². The number of nitrogens with zero attached hydrogens (tertiary/aromatic N) is 1. The summed E-state index contributed by atoms with van der Waals surface area (Å²) in [6, 6.07) is 0. The summed E-state index contributed by atoms with van der Waals surface area (Å²) < 4.78 is 0. The molecule has 1 heteroatoms. The zero-order valence-electron chi connectivity index (χ0n) is 10.8. The maximum atomic E-state index is 2.64. The van der Waals surface area contributed by atoms with Crippen LogP contribution in [0.1, 0.15) is 65.2 Å². The van der Waals surface area contributed by atoms with Crippen LogP contribution in [0.15, 0.2) is 0 Å². The van der Waals surface area contributed by atoms with Crippen molar-refractivity contribution in [1.29, 1.82) is 0 Å². The van der Waals surface area contributed by atoms with E-state index in [1.165, 1.54) is 71.0 Å². The van der Waals surface area contributed by atoms with E-state index in [0.717, 1.165) is 5.92 Å². The molecule has 1 rings (SSSR count). The number of rotatable bonds is 8. The van der Waals surface area contributed by atoms with Gasteiger partial charge in [0.2, 0.25) is 0 Å². The van der Waals surface area contributed by atoms with Gasteiger partial charge in [-0.25, -0.2) is 0 Å². The summed E-state index contributed by atoms with van der Waals surface area (Å²) in [7, 11) is 0. The minimum Gasteiger partial charge on any atom is -0.303 e. The molecular formula is C14H29N. The molecule has 1 nitrogen and oxygen atoms in total. The average molecular weight is 211 g/mol. The summed E-state index contributed by atoms with van der Waals surface area (Å²) in [6.45, 7) is 8.80. The van der Waals surface area contributed by atoms with E-state index < -0.39 is 0 Å². The van der Waals surface area contributed by atoms with Gasteiger partial charge >= 0.3 is 0 Å². The molecular weight excluding hydrogens is 182 g/mol. The van der Waals surface area contributed by atoms with Gasteiger partial charge in [-0.1, -0.05) is 46.0 Å².